The van der Waals surface area contributed by atoms with Gasteiger partial charge in [0.15, 0.2) is 0 Å². The third kappa shape index (κ3) is 1.64. The lowest BCUT2D eigenvalue weighted by atomic mass is 10.2. The fourth-order valence-electron chi connectivity index (χ4n) is 1.40. The molecule has 1 aromatic heterocycles. The monoisotopic (exact) mass is 223 g/mol. The van der Waals surface area contributed by atoms with E-state index in [1.54, 1.807) is 24.4 Å². The van der Waals surface area contributed by atoms with Crippen LogP contribution in [-0.4, -0.2) is 13.4 Å². The van der Waals surface area contributed by atoms with E-state index < -0.39 is 10.0 Å². The van der Waals surface area contributed by atoms with Gasteiger partial charge in [0.1, 0.15) is 4.90 Å². The van der Waals surface area contributed by atoms with Crippen LogP contribution in [0.3, 0.4) is 0 Å². The molecule has 0 aliphatic heterocycles. The van der Waals surface area contributed by atoms with Crippen molar-refractivity contribution in [2.45, 2.75) is 4.90 Å². The molecular formula is C9H9N3O2S. The Hall–Kier alpha value is -1.66. The highest BCUT2D eigenvalue weighted by Crippen LogP contribution is 2.25. The summed E-state index contributed by atoms with van der Waals surface area (Å²) >= 11 is 0. The van der Waals surface area contributed by atoms with Gasteiger partial charge in [0.05, 0.1) is 11.2 Å². The normalized spacial score (nSPS) is 11.8. The molecule has 0 unspecified atom stereocenters. The van der Waals surface area contributed by atoms with Gasteiger partial charge >= 0.3 is 0 Å². The number of fused-ring (bicyclic) bond motifs is 1. The van der Waals surface area contributed by atoms with Crippen molar-refractivity contribution in [2.24, 2.45) is 5.14 Å². The molecule has 2 rings (SSSR count). The topological polar surface area (TPSA) is 99.1 Å². The first kappa shape index (κ1) is 9.88. The number of rotatable bonds is 1. The highest BCUT2D eigenvalue weighted by Gasteiger charge is 2.14. The second-order valence-electron chi connectivity index (χ2n) is 3.09. The van der Waals surface area contributed by atoms with Gasteiger partial charge in [0.2, 0.25) is 10.0 Å². The van der Waals surface area contributed by atoms with E-state index in [2.05, 4.69) is 4.98 Å². The van der Waals surface area contributed by atoms with E-state index in [0.717, 1.165) is 0 Å². The van der Waals surface area contributed by atoms with Crippen molar-refractivity contribution in [3.8, 4) is 0 Å². The van der Waals surface area contributed by atoms with Gasteiger partial charge in [-0.3, -0.25) is 4.98 Å². The molecule has 0 saturated carbocycles. The summed E-state index contributed by atoms with van der Waals surface area (Å²) in [7, 11) is -3.78. The molecule has 0 saturated heterocycles. The summed E-state index contributed by atoms with van der Waals surface area (Å²) in [5.74, 6) is 0. The number of anilines is 1. The van der Waals surface area contributed by atoms with E-state index >= 15 is 0 Å². The third-order valence-electron chi connectivity index (χ3n) is 2.09. The molecule has 1 heterocycles. The Labute approximate surface area is 86.8 Å². The Bertz CT molecular complexity index is 622. The zero-order chi connectivity index (χ0) is 11.1. The molecule has 0 bridgehead atoms. The van der Waals surface area contributed by atoms with E-state index in [1.165, 1.54) is 6.07 Å². The SMILES string of the molecule is Nc1c(S(N)(=O)=O)ccc2ncccc12. The van der Waals surface area contributed by atoms with Crippen molar-refractivity contribution in [1.29, 1.82) is 0 Å². The number of aromatic nitrogens is 1. The Morgan fingerprint density at radius 2 is 1.93 bits per heavy atom. The number of benzene rings is 1. The molecule has 0 radical (unpaired) electrons. The average Bonchev–Trinajstić information content (AvgIpc) is 2.16. The summed E-state index contributed by atoms with van der Waals surface area (Å²) in [6, 6.07) is 6.32. The number of pyridine rings is 1. The lowest BCUT2D eigenvalue weighted by Crippen LogP contribution is -2.14. The van der Waals surface area contributed by atoms with Gasteiger partial charge in [-0.15, -0.1) is 0 Å². The van der Waals surface area contributed by atoms with E-state index in [1.807, 2.05) is 0 Å². The van der Waals surface area contributed by atoms with Crippen LogP contribution in [0.15, 0.2) is 35.4 Å². The molecule has 0 aliphatic rings. The van der Waals surface area contributed by atoms with Gasteiger partial charge in [-0.2, -0.15) is 0 Å². The molecule has 0 spiro atoms. The number of sulfonamides is 1. The highest BCUT2D eigenvalue weighted by molar-refractivity contribution is 7.89. The predicted molar refractivity (Wildman–Crippen MR) is 57.5 cm³/mol. The maximum absolute atomic E-state index is 11.2. The van der Waals surface area contributed by atoms with Gasteiger partial charge in [0, 0.05) is 11.6 Å². The first-order valence-corrected chi connectivity index (χ1v) is 5.71. The minimum Gasteiger partial charge on any atom is -0.397 e. The smallest absolute Gasteiger partial charge is 0.240 e. The van der Waals surface area contributed by atoms with Crippen LogP contribution < -0.4 is 10.9 Å². The zero-order valence-corrected chi connectivity index (χ0v) is 8.53. The number of nitrogens with zero attached hydrogens (tertiary/aromatic N) is 1. The molecule has 2 aromatic rings. The summed E-state index contributed by atoms with van der Waals surface area (Å²) in [4.78, 5) is 3.98. The molecule has 4 N–H and O–H groups in total. The second-order valence-corrected chi connectivity index (χ2v) is 4.62. The lowest BCUT2D eigenvalue weighted by Gasteiger charge is -2.05. The molecule has 0 aliphatic carbocycles. The summed E-state index contributed by atoms with van der Waals surface area (Å²) in [6.45, 7) is 0. The fraction of sp³-hybridized carbons (Fsp3) is 0. The quantitative estimate of drug-likeness (QED) is 0.686. The van der Waals surface area contributed by atoms with Crippen molar-refractivity contribution in [3.63, 3.8) is 0 Å². The maximum atomic E-state index is 11.2. The Morgan fingerprint density at radius 1 is 1.20 bits per heavy atom. The van der Waals surface area contributed by atoms with Crippen molar-refractivity contribution < 1.29 is 8.42 Å². The fourth-order valence-corrected chi connectivity index (χ4v) is 2.08. The average molecular weight is 223 g/mol. The largest absolute Gasteiger partial charge is 0.397 e. The van der Waals surface area contributed by atoms with Gasteiger partial charge < -0.3 is 5.73 Å². The minimum atomic E-state index is -3.78. The zero-order valence-electron chi connectivity index (χ0n) is 7.71. The van der Waals surface area contributed by atoms with Crippen LogP contribution in [0.5, 0.6) is 0 Å². The Morgan fingerprint density at radius 3 is 2.60 bits per heavy atom. The molecule has 5 nitrogen and oxygen atoms in total. The van der Waals surface area contributed by atoms with Crippen LogP contribution in [0.4, 0.5) is 5.69 Å². The number of primary sulfonamides is 1. The number of hydrogen-bond acceptors (Lipinski definition) is 4. The van der Waals surface area contributed by atoms with E-state index in [9.17, 15) is 8.42 Å². The van der Waals surface area contributed by atoms with E-state index in [0.29, 0.717) is 10.9 Å². The molecular weight excluding hydrogens is 214 g/mol. The van der Waals surface area contributed by atoms with Crippen LogP contribution in [0.1, 0.15) is 0 Å². The molecule has 78 valence electrons. The lowest BCUT2D eigenvalue weighted by molar-refractivity contribution is 0.598. The first-order chi connectivity index (χ1) is 7.00. The number of hydrogen-bond donors (Lipinski definition) is 2. The maximum Gasteiger partial charge on any atom is 0.240 e. The van der Waals surface area contributed by atoms with Gasteiger partial charge in [-0.1, -0.05) is 0 Å². The van der Waals surface area contributed by atoms with Crippen molar-refractivity contribution in [3.05, 3.63) is 30.5 Å². The minimum absolute atomic E-state index is 0.0667. The summed E-state index contributed by atoms with van der Waals surface area (Å²) in [6.07, 6.45) is 1.61. The van der Waals surface area contributed by atoms with Gasteiger partial charge in [0.25, 0.3) is 0 Å². The number of nitrogens with two attached hydrogens (primary N) is 2. The second kappa shape index (κ2) is 3.18. The molecule has 0 atom stereocenters. The molecule has 6 heteroatoms. The van der Waals surface area contributed by atoms with Gasteiger partial charge in [-0.25, -0.2) is 13.6 Å². The van der Waals surface area contributed by atoms with Crippen LogP contribution >= 0.6 is 0 Å². The van der Waals surface area contributed by atoms with Crippen molar-refractivity contribution in [2.75, 3.05) is 5.73 Å². The molecule has 15 heavy (non-hydrogen) atoms. The molecule has 0 fully saturated rings. The van der Waals surface area contributed by atoms with Gasteiger partial charge in [-0.05, 0) is 24.3 Å². The van der Waals surface area contributed by atoms with Crippen LogP contribution in [0.2, 0.25) is 0 Å². The van der Waals surface area contributed by atoms with E-state index in [-0.39, 0.29) is 10.6 Å². The summed E-state index contributed by atoms with van der Waals surface area (Å²) in [5.41, 5.74) is 6.49. The number of nitrogen functional groups attached to an aromatic ring is 1. The molecule has 0 amide bonds. The van der Waals surface area contributed by atoms with Crippen LogP contribution in [0, 0.1) is 0 Å². The predicted octanol–water partition coefficient (Wildman–Crippen LogP) is 0.464. The van der Waals surface area contributed by atoms with Crippen LogP contribution in [0.25, 0.3) is 10.9 Å². The third-order valence-corrected chi connectivity index (χ3v) is 3.06. The van der Waals surface area contributed by atoms with Crippen molar-refractivity contribution in [1.82, 2.24) is 4.98 Å². The summed E-state index contributed by atoms with van der Waals surface area (Å²) < 4.78 is 22.3. The Balaban J connectivity index is 2.88. The molecule has 1 aromatic carbocycles. The van der Waals surface area contributed by atoms with Crippen LogP contribution in [-0.2, 0) is 10.0 Å². The highest BCUT2D eigenvalue weighted by atomic mass is 32.2. The standard InChI is InChI=1S/C9H9N3O2S/c10-9-6-2-1-5-12-7(6)3-4-8(9)15(11,13)14/h1-5H,10H2,(H2,11,13,14). The summed E-state index contributed by atoms with van der Waals surface area (Å²) in [5, 5.41) is 5.61. The van der Waals surface area contributed by atoms with Crippen molar-refractivity contribution >= 4 is 26.6 Å². The van der Waals surface area contributed by atoms with E-state index in [4.69, 9.17) is 10.9 Å². The Kier molecular flexibility index (Phi) is 2.09. The first-order valence-electron chi connectivity index (χ1n) is 4.16.